The zero-order valence-corrected chi connectivity index (χ0v) is 8.42. The van der Waals surface area contributed by atoms with E-state index in [0.29, 0.717) is 6.08 Å². The summed E-state index contributed by atoms with van der Waals surface area (Å²) < 4.78 is 0. The Hall–Kier alpha value is -2.37. The summed E-state index contributed by atoms with van der Waals surface area (Å²) in [5, 5.41) is 24.5. The Morgan fingerprint density at radius 2 is 1.44 bits per heavy atom. The van der Waals surface area contributed by atoms with Crippen molar-refractivity contribution in [2.45, 2.75) is 6.42 Å². The first-order chi connectivity index (χ1) is 7.34. The minimum atomic E-state index is -1.54. The first-order valence-electron chi connectivity index (χ1n) is 3.97. The number of allylic oxidation sites excluding steroid dienone is 2. The molecule has 6 heteroatoms. The molecular formula is C10H12O6. The number of hydrogen-bond acceptors (Lipinski definition) is 3. The molecule has 0 radical (unpaired) electrons. The SMILES string of the molecule is C=CC=C.O=C(O)C=C(CC(=O)O)C(=O)O. The molecule has 0 aromatic heterocycles. The fourth-order valence-electron chi connectivity index (χ4n) is 0.500. The van der Waals surface area contributed by atoms with Gasteiger partial charge in [0.15, 0.2) is 0 Å². The highest BCUT2D eigenvalue weighted by Crippen LogP contribution is 2.00. The zero-order chi connectivity index (χ0) is 13.1. The summed E-state index contributed by atoms with van der Waals surface area (Å²) in [5.74, 6) is -4.40. The smallest absolute Gasteiger partial charge is 0.332 e. The van der Waals surface area contributed by atoms with Crippen molar-refractivity contribution in [1.82, 2.24) is 0 Å². The molecular weight excluding hydrogens is 216 g/mol. The maximum absolute atomic E-state index is 10.2. The first kappa shape index (κ1) is 16.1. The molecule has 0 aliphatic heterocycles. The minimum absolute atomic E-state index is 0.358. The van der Waals surface area contributed by atoms with Crippen LogP contribution in [-0.4, -0.2) is 33.2 Å². The normalized spacial score (nSPS) is 9.38. The number of rotatable bonds is 5. The summed E-state index contributed by atoms with van der Waals surface area (Å²) in [6.45, 7) is 6.72. The molecule has 0 rings (SSSR count). The van der Waals surface area contributed by atoms with Gasteiger partial charge in [-0.1, -0.05) is 25.3 Å². The molecule has 0 aromatic rings. The fraction of sp³-hybridized carbons (Fsp3) is 0.100. The summed E-state index contributed by atoms with van der Waals surface area (Å²) in [5.41, 5.74) is -0.657. The third kappa shape index (κ3) is 11.6. The number of carboxylic acids is 3. The summed E-state index contributed by atoms with van der Waals surface area (Å²) in [4.78, 5) is 30.1. The van der Waals surface area contributed by atoms with Crippen LogP contribution in [-0.2, 0) is 14.4 Å². The van der Waals surface area contributed by atoms with Crippen LogP contribution in [0.15, 0.2) is 37.0 Å². The van der Waals surface area contributed by atoms with Gasteiger partial charge in [-0.25, -0.2) is 9.59 Å². The lowest BCUT2D eigenvalue weighted by Crippen LogP contribution is -2.08. The van der Waals surface area contributed by atoms with Gasteiger partial charge >= 0.3 is 17.9 Å². The first-order valence-corrected chi connectivity index (χ1v) is 3.97. The van der Waals surface area contributed by atoms with Crippen LogP contribution in [0.3, 0.4) is 0 Å². The fourth-order valence-corrected chi connectivity index (χ4v) is 0.500. The number of aliphatic carboxylic acids is 3. The highest BCUT2D eigenvalue weighted by atomic mass is 16.4. The second-order valence-corrected chi connectivity index (χ2v) is 2.35. The lowest BCUT2D eigenvalue weighted by molar-refractivity contribution is -0.140. The molecule has 0 bridgehead atoms. The molecule has 0 fully saturated rings. The Labute approximate surface area is 91.8 Å². The highest BCUT2D eigenvalue weighted by Gasteiger charge is 2.12. The Balaban J connectivity index is 0. The van der Waals surface area contributed by atoms with Crippen LogP contribution >= 0.6 is 0 Å². The van der Waals surface area contributed by atoms with Crippen molar-refractivity contribution in [1.29, 1.82) is 0 Å². The molecule has 6 nitrogen and oxygen atoms in total. The number of carbonyl (C=O) groups is 3. The standard InChI is InChI=1S/C6H6O6.C4H6/c7-4(8)1-3(6(11)12)2-5(9)10;1-3-4-2/h1H,2H2,(H,7,8)(H,9,10)(H,11,12);3-4H,1-2H2. The summed E-state index contributed by atoms with van der Waals surface area (Å²) in [6, 6.07) is 0. The third-order valence-electron chi connectivity index (χ3n) is 1.08. The second-order valence-electron chi connectivity index (χ2n) is 2.35. The second kappa shape index (κ2) is 9.20. The number of hydrogen-bond donors (Lipinski definition) is 3. The van der Waals surface area contributed by atoms with Gasteiger partial charge in [0.2, 0.25) is 0 Å². The Morgan fingerprint density at radius 3 is 1.62 bits per heavy atom. The van der Waals surface area contributed by atoms with Crippen molar-refractivity contribution in [3.63, 3.8) is 0 Å². The zero-order valence-electron chi connectivity index (χ0n) is 8.42. The summed E-state index contributed by atoms with van der Waals surface area (Å²) >= 11 is 0. The van der Waals surface area contributed by atoms with Crippen LogP contribution in [0.2, 0.25) is 0 Å². The van der Waals surface area contributed by atoms with Crippen molar-refractivity contribution < 1.29 is 29.7 Å². The topological polar surface area (TPSA) is 112 Å². The van der Waals surface area contributed by atoms with Gasteiger partial charge in [0, 0.05) is 6.08 Å². The maximum atomic E-state index is 10.2. The van der Waals surface area contributed by atoms with E-state index >= 15 is 0 Å². The van der Waals surface area contributed by atoms with Crippen molar-refractivity contribution in [2.24, 2.45) is 0 Å². The molecule has 0 amide bonds. The predicted molar refractivity (Wildman–Crippen MR) is 56.0 cm³/mol. The molecule has 0 atom stereocenters. The Bertz CT molecular complexity index is 320. The van der Waals surface area contributed by atoms with Crippen molar-refractivity contribution in [3.8, 4) is 0 Å². The molecule has 0 saturated heterocycles. The average molecular weight is 228 g/mol. The van der Waals surface area contributed by atoms with Crippen LogP contribution in [0.1, 0.15) is 6.42 Å². The molecule has 0 aliphatic rings. The van der Waals surface area contributed by atoms with E-state index < -0.39 is 29.9 Å². The van der Waals surface area contributed by atoms with Crippen LogP contribution in [0, 0.1) is 0 Å². The van der Waals surface area contributed by atoms with Crippen molar-refractivity contribution >= 4 is 17.9 Å². The molecule has 3 N–H and O–H groups in total. The summed E-state index contributed by atoms with van der Waals surface area (Å²) in [7, 11) is 0. The quantitative estimate of drug-likeness (QED) is 0.476. The van der Waals surface area contributed by atoms with Gasteiger partial charge in [-0.3, -0.25) is 4.79 Å². The van der Waals surface area contributed by atoms with E-state index in [1.54, 1.807) is 12.2 Å². The molecule has 0 saturated carbocycles. The summed E-state index contributed by atoms with van der Waals surface area (Å²) in [6.07, 6.45) is 2.83. The lowest BCUT2D eigenvalue weighted by Gasteiger charge is -1.94. The molecule has 88 valence electrons. The predicted octanol–water partition coefficient (Wildman–Crippen LogP) is 0.915. The molecule has 0 spiro atoms. The minimum Gasteiger partial charge on any atom is -0.481 e. The third-order valence-corrected chi connectivity index (χ3v) is 1.08. The number of carboxylic acid groups (broad SMARTS) is 3. The Morgan fingerprint density at radius 1 is 1.00 bits per heavy atom. The van der Waals surface area contributed by atoms with Crippen LogP contribution in [0.25, 0.3) is 0 Å². The van der Waals surface area contributed by atoms with Gasteiger partial charge in [-0.05, 0) is 0 Å². The molecule has 0 heterocycles. The Kier molecular flexibility index (Phi) is 9.24. The van der Waals surface area contributed by atoms with Crippen LogP contribution < -0.4 is 0 Å². The van der Waals surface area contributed by atoms with E-state index in [1.807, 2.05) is 0 Å². The van der Waals surface area contributed by atoms with Crippen molar-refractivity contribution in [3.05, 3.63) is 37.0 Å². The van der Waals surface area contributed by atoms with E-state index in [9.17, 15) is 14.4 Å². The van der Waals surface area contributed by atoms with Crippen molar-refractivity contribution in [2.75, 3.05) is 0 Å². The van der Waals surface area contributed by atoms with Crippen LogP contribution in [0.4, 0.5) is 0 Å². The van der Waals surface area contributed by atoms with Gasteiger partial charge in [0.25, 0.3) is 0 Å². The van der Waals surface area contributed by atoms with E-state index in [0.717, 1.165) is 0 Å². The van der Waals surface area contributed by atoms with Gasteiger partial charge in [-0.2, -0.15) is 0 Å². The van der Waals surface area contributed by atoms with Gasteiger partial charge < -0.3 is 15.3 Å². The van der Waals surface area contributed by atoms with E-state index in [4.69, 9.17) is 15.3 Å². The monoisotopic (exact) mass is 228 g/mol. The maximum Gasteiger partial charge on any atom is 0.332 e. The van der Waals surface area contributed by atoms with E-state index in [1.165, 1.54) is 0 Å². The van der Waals surface area contributed by atoms with Gasteiger partial charge in [0.1, 0.15) is 0 Å². The molecule has 0 unspecified atom stereocenters. The molecule has 16 heavy (non-hydrogen) atoms. The van der Waals surface area contributed by atoms with Gasteiger partial charge in [-0.15, -0.1) is 0 Å². The van der Waals surface area contributed by atoms with Crippen LogP contribution in [0.5, 0.6) is 0 Å². The molecule has 0 aliphatic carbocycles. The van der Waals surface area contributed by atoms with E-state index in [2.05, 4.69) is 13.2 Å². The van der Waals surface area contributed by atoms with E-state index in [-0.39, 0.29) is 0 Å². The average Bonchev–Trinajstić information content (AvgIpc) is 2.15. The lowest BCUT2D eigenvalue weighted by atomic mass is 10.2. The largest absolute Gasteiger partial charge is 0.481 e. The van der Waals surface area contributed by atoms with Gasteiger partial charge in [0.05, 0.1) is 12.0 Å². The molecule has 0 aromatic carbocycles. The highest BCUT2D eigenvalue weighted by molar-refractivity contribution is 5.98.